The van der Waals surface area contributed by atoms with E-state index in [-0.39, 0.29) is 17.9 Å². The molecule has 1 aromatic rings. The number of nitrogens with one attached hydrogen (secondary N) is 1. The summed E-state index contributed by atoms with van der Waals surface area (Å²) < 4.78 is 5.51. The van der Waals surface area contributed by atoms with Crippen molar-refractivity contribution in [2.24, 2.45) is 0 Å². The molecule has 0 radical (unpaired) electrons. The summed E-state index contributed by atoms with van der Waals surface area (Å²) >= 11 is 11.9. The molecule has 2 saturated heterocycles. The lowest BCUT2D eigenvalue weighted by molar-refractivity contribution is -0.125. The SMILES string of the molecule is O=C(NC[C@H]1CCCO1)[C@@H]1CCCN1C(=O)c1ccc(Cl)c(Cl)c1. The molecule has 0 bridgehead atoms. The molecule has 2 aliphatic heterocycles. The zero-order valence-corrected chi connectivity index (χ0v) is 14.8. The van der Waals surface area contributed by atoms with Crippen LogP contribution < -0.4 is 5.32 Å². The third-order valence-electron chi connectivity index (χ3n) is 4.51. The topological polar surface area (TPSA) is 58.6 Å². The van der Waals surface area contributed by atoms with E-state index in [1.165, 1.54) is 0 Å². The van der Waals surface area contributed by atoms with Gasteiger partial charge in [0, 0.05) is 25.3 Å². The van der Waals surface area contributed by atoms with E-state index >= 15 is 0 Å². The number of halogens is 2. The van der Waals surface area contributed by atoms with Gasteiger partial charge in [-0.25, -0.2) is 0 Å². The van der Waals surface area contributed by atoms with Crippen LogP contribution in [-0.2, 0) is 9.53 Å². The van der Waals surface area contributed by atoms with Crippen molar-refractivity contribution in [2.45, 2.75) is 37.8 Å². The Labute approximate surface area is 151 Å². The Hall–Kier alpha value is -1.30. The normalized spacial score (nSPS) is 23.5. The van der Waals surface area contributed by atoms with E-state index in [1.807, 2.05) is 0 Å². The highest BCUT2D eigenvalue weighted by Crippen LogP contribution is 2.26. The summed E-state index contributed by atoms with van der Waals surface area (Å²) in [5, 5.41) is 3.66. The van der Waals surface area contributed by atoms with Crippen molar-refractivity contribution < 1.29 is 14.3 Å². The summed E-state index contributed by atoms with van der Waals surface area (Å²) in [6, 6.07) is 4.34. The number of hydrogen-bond acceptors (Lipinski definition) is 3. The van der Waals surface area contributed by atoms with Crippen LogP contribution >= 0.6 is 23.2 Å². The molecular weight excluding hydrogens is 351 g/mol. The van der Waals surface area contributed by atoms with Crippen LogP contribution in [0.2, 0.25) is 10.0 Å². The van der Waals surface area contributed by atoms with E-state index < -0.39 is 6.04 Å². The second kappa shape index (κ2) is 7.72. The van der Waals surface area contributed by atoms with Gasteiger partial charge in [-0.2, -0.15) is 0 Å². The first kappa shape index (κ1) is 17.5. The second-order valence-electron chi connectivity index (χ2n) is 6.17. The number of hydrogen-bond donors (Lipinski definition) is 1. The number of benzene rings is 1. The summed E-state index contributed by atoms with van der Waals surface area (Å²) in [6.45, 7) is 1.83. The van der Waals surface area contributed by atoms with Crippen molar-refractivity contribution in [2.75, 3.05) is 19.7 Å². The lowest BCUT2D eigenvalue weighted by Gasteiger charge is -2.24. The maximum absolute atomic E-state index is 12.7. The molecule has 0 spiro atoms. The number of amides is 2. The fraction of sp³-hybridized carbons (Fsp3) is 0.529. The molecule has 2 amide bonds. The molecule has 3 rings (SSSR count). The zero-order chi connectivity index (χ0) is 17.1. The summed E-state index contributed by atoms with van der Waals surface area (Å²) in [7, 11) is 0. The number of likely N-dealkylation sites (tertiary alicyclic amines) is 1. The van der Waals surface area contributed by atoms with E-state index in [1.54, 1.807) is 23.1 Å². The monoisotopic (exact) mass is 370 g/mol. The molecular formula is C17H20Cl2N2O3. The van der Waals surface area contributed by atoms with E-state index in [0.29, 0.717) is 35.1 Å². The minimum absolute atomic E-state index is 0.0922. The number of rotatable bonds is 4. The zero-order valence-electron chi connectivity index (χ0n) is 13.3. The fourth-order valence-electron chi connectivity index (χ4n) is 3.21. The summed E-state index contributed by atoms with van der Waals surface area (Å²) in [4.78, 5) is 26.8. The van der Waals surface area contributed by atoms with E-state index in [4.69, 9.17) is 27.9 Å². The molecule has 0 unspecified atom stereocenters. The first-order valence-electron chi connectivity index (χ1n) is 8.21. The Morgan fingerprint density at radius 1 is 1.21 bits per heavy atom. The number of carbonyl (C=O) groups excluding carboxylic acids is 2. The lowest BCUT2D eigenvalue weighted by atomic mass is 10.1. The van der Waals surface area contributed by atoms with E-state index in [9.17, 15) is 9.59 Å². The van der Waals surface area contributed by atoms with Crippen LogP contribution in [0.5, 0.6) is 0 Å². The summed E-state index contributed by atoms with van der Waals surface area (Å²) in [6.07, 6.45) is 3.58. The van der Waals surface area contributed by atoms with Gasteiger partial charge in [0.05, 0.1) is 16.1 Å². The van der Waals surface area contributed by atoms with Crippen LogP contribution in [0.4, 0.5) is 0 Å². The van der Waals surface area contributed by atoms with E-state index in [2.05, 4.69) is 5.32 Å². The van der Waals surface area contributed by atoms with Crippen LogP contribution in [0.3, 0.4) is 0 Å². The van der Waals surface area contributed by atoms with Crippen molar-refractivity contribution in [3.8, 4) is 0 Å². The van der Waals surface area contributed by atoms with Crippen LogP contribution in [0.25, 0.3) is 0 Å². The van der Waals surface area contributed by atoms with Crippen LogP contribution in [-0.4, -0.2) is 48.6 Å². The molecule has 0 aromatic heterocycles. The van der Waals surface area contributed by atoms with Crippen molar-refractivity contribution in [3.05, 3.63) is 33.8 Å². The molecule has 2 fully saturated rings. The van der Waals surface area contributed by atoms with Crippen molar-refractivity contribution in [1.82, 2.24) is 10.2 Å². The van der Waals surface area contributed by atoms with Gasteiger partial charge >= 0.3 is 0 Å². The smallest absolute Gasteiger partial charge is 0.254 e. The van der Waals surface area contributed by atoms with Crippen molar-refractivity contribution in [1.29, 1.82) is 0 Å². The van der Waals surface area contributed by atoms with Crippen molar-refractivity contribution >= 4 is 35.0 Å². The van der Waals surface area contributed by atoms with Crippen LogP contribution in [0.1, 0.15) is 36.0 Å². The highest BCUT2D eigenvalue weighted by molar-refractivity contribution is 6.42. The third kappa shape index (κ3) is 3.85. The Morgan fingerprint density at radius 2 is 2.04 bits per heavy atom. The summed E-state index contributed by atoms with van der Waals surface area (Å²) in [5.41, 5.74) is 0.447. The molecule has 2 atom stereocenters. The molecule has 7 heteroatoms. The van der Waals surface area contributed by atoms with Gasteiger partial charge in [-0.05, 0) is 43.9 Å². The molecule has 5 nitrogen and oxygen atoms in total. The van der Waals surface area contributed by atoms with Gasteiger partial charge in [0.15, 0.2) is 0 Å². The van der Waals surface area contributed by atoms with Gasteiger partial charge in [-0.15, -0.1) is 0 Å². The van der Waals surface area contributed by atoms with Gasteiger partial charge in [0.25, 0.3) is 5.91 Å². The third-order valence-corrected chi connectivity index (χ3v) is 5.25. The molecule has 24 heavy (non-hydrogen) atoms. The molecule has 1 aromatic carbocycles. The number of ether oxygens (including phenoxy) is 1. The molecule has 130 valence electrons. The van der Waals surface area contributed by atoms with Crippen molar-refractivity contribution in [3.63, 3.8) is 0 Å². The first-order valence-corrected chi connectivity index (χ1v) is 8.97. The molecule has 0 saturated carbocycles. The first-order chi connectivity index (χ1) is 11.6. The fourth-order valence-corrected chi connectivity index (χ4v) is 3.51. The standard InChI is InChI=1S/C17H20Cl2N2O3/c18-13-6-5-11(9-14(13)19)17(23)21-7-1-4-15(21)16(22)20-10-12-3-2-8-24-12/h5-6,9,12,15H,1-4,7-8,10H2,(H,20,22)/t12-,15+/m1/s1. The Bertz CT molecular complexity index is 632. The quantitative estimate of drug-likeness (QED) is 0.886. The maximum atomic E-state index is 12.7. The van der Waals surface area contributed by atoms with Crippen LogP contribution in [0, 0.1) is 0 Å². The predicted octanol–water partition coefficient (Wildman–Crippen LogP) is 2.89. The molecule has 0 aliphatic carbocycles. The second-order valence-corrected chi connectivity index (χ2v) is 6.98. The van der Waals surface area contributed by atoms with Gasteiger partial charge in [-0.3, -0.25) is 9.59 Å². The Kier molecular flexibility index (Phi) is 5.64. The minimum atomic E-state index is -0.437. The van der Waals surface area contributed by atoms with Gasteiger partial charge < -0.3 is 15.0 Å². The lowest BCUT2D eigenvalue weighted by Crippen LogP contribution is -2.47. The average Bonchev–Trinajstić information content (AvgIpc) is 3.26. The Morgan fingerprint density at radius 3 is 2.75 bits per heavy atom. The van der Waals surface area contributed by atoms with E-state index in [0.717, 1.165) is 25.9 Å². The predicted molar refractivity (Wildman–Crippen MR) is 92.5 cm³/mol. The van der Waals surface area contributed by atoms with Gasteiger partial charge in [0.2, 0.25) is 5.91 Å². The largest absolute Gasteiger partial charge is 0.376 e. The molecule has 2 heterocycles. The highest BCUT2D eigenvalue weighted by atomic mass is 35.5. The number of nitrogens with zero attached hydrogens (tertiary/aromatic N) is 1. The minimum Gasteiger partial charge on any atom is -0.376 e. The van der Waals surface area contributed by atoms with Gasteiger partial charge in [-0.1, -0.05) is 23.2 Å². The highest BCUT2D eigenvalue weighted by Gasteiger charge is 2.35. The van der Waals surface area contributed by atoms with Gasteiger partial charge in [0.1, 0.15) is 6.04 Å². The number of carbonyl (C=O) groups is 2. The molecule has 1 N–H and O–H groups in total. The Balaban J connectivity index is 1.64. The molecule has 2 aliphatic rings. The maximum Gasteiger partial charge on any atom is 0.254 e. The van der Waals surface area contributed by atoms with Crippen LogP contribution in [0.15, 0.2) is 18.2 Å². The summed E-state index contributed by atoms with van der Waals surface area (Å²) in [5.74, 6) is -0.306. The average molecular weight is 371 g/mol.